The van der Waals surface area contributed by atoms with Crippen LogP contribution in [0.25, 0.3) is 0 Å². The largest absolute Gasteiger partial charge is 0.586 e. The van der Waals surface area contributed by atoms with E-state index in [0.29, 0.717) is 24.8 Å². The second kappa shape index (κ2) is 25.4. The van der Waals surface area contributed by atoms with Crippen molar-refractivity contribution in [1.82, 2.24) is 16.0 Å². The maximum Gasteiger partial charge on any atom is 0.586 e. The van der Waals surface area contributed by atoms with Gasteiger partial charge in [0.15, 0.2) is 11.5 Å². The van der Waals surface area contributed by atoms with Gasteiger partial charge in [0.1, 0.15) is 12.1 Å². The number of hydrogen-bond acceptors (Lipinski definition) is 10. The molecule has 1 aliphatic carbocycles. The molecule has 60 heavy (non-hydrogen) atoms. The lowest BCUT2D eigenvalue weighted by Gasteiger charge is -2.35. The lowest BCUT2D eigenvalue weighted by Crippen LogP contribution is -2.60. The molecule has 0 spiro atoms. The summed E-state index contributed by atoms with van der Waals surface area (Å²) in [5.74, 6) is -2.64. The van der Waals surface area contributed by atoms with Gasteiger partial charge in [-0.25, -0.2) is 0 Å². The number of aliphatic hydroxyl groups is 2. The normalized spacial score (nSPS) is 16.8. The third-order valence-electron chi connectivity index (χ3n) is 9.48. The SMILES string of the molecule is CC/C=C\C/C=C\C/C=C\C/C=C\C/C=C\C/C=C\CCC(=O)NC(CSSC(C)(C)C(NC(=O)C1(c2ccc3c(c2)OC(F)(F)O3)CC1)C(=O)NC(CO)CO)C(N)=O. The highest BCUT2D eigenvalue weighted by atomic mass is 33.1. The second-order valence-corrected chi connectivity index (χ2v) is 17.8. The molecule has 0 radical (unpaired) electrons. The molecule has 0 bridgehead atoms. The fourth-order valence-electron chi connectivity index (χ4n) is 5.89. The molecule has 3 rings (SSSR count). The Hall–Kier alpha value is -4.38. The van der Waals surface area contributed by atoms with Gasteiger partial charge in [0.25, 0.3) is 0 Å². The van der Waals surface area contributed by atoms with Crippen molar-refractivity contribution in [2.45, 2.75) is 120 Å². The van der Waals surface area contributed by atoms with E-state index in [9.17, 15) is 38.2 Å². The van der Waals surface area contributed by atoms with Crippen LogP contribution < -0.4 is 31.2 Å². The number of halogens is 2. The lowest BCUT2D eigenvalue weighted by molar-refractivity contribution is -0.286. The van der Waals surface area contributed by atoms with E-state index in [1.54, 1.807) is 13.8 Å². The number of carbonyl (C=O) groups is 4. The Morgan fingerprint density at radius 1 is 0.817 bits per heavy atom. The Morgan fingerprint density at radius 2 is 1.35 bits per heavy atom. The van der Waals surface area contributed by atoms with Gasteiger partial charge in [0.05, 0.1) is 24.7 Å². The van der Waals surface area contributed by atoms with Crippen LogP contribution in [0.3, 0.4) is 0 Å². The Labute approximate surface area is 360 Å². The molecule has 2 aliphatic rings. The molecular weight excluding hydrogens is 815 g/mol. The fraction of sp³-hybridized carbons (Fsp3) is 0.500. The average Bonchev–Trinajstić information content (AvgIpc) is 3.95. The first-order valence-electron chi connectivity index (χ1n) is 20.2. The summed E-state index contributed by atoms with van der Waals surface area (Å²) in [5, 5.41) is 27.2. The van der Waals surface area contributed by atoms with Crippen molar-refractivity contribution in [3.05, 3.63) is 96.7 Å². The van der Waals surface area contributed by atoms with Crippen molar-refractivity contribution in [3.8, 4) is 11.5 Å². The van der Waals surface area contributed by atoms with Crippen LogP contribution in [0.5, 0.6) is 11.5 Å². The summed E-state index contributed by atoms with van der Waals surface area (Å²) < 4.78 is 35.3. The van der Waals surface area contributed by atoms with Gasteiger partial charge in [-0.05, 0) is 89.3 Å². The van der Waals surface area contributed by atoms with E-state index in [0.717, 1.165) is 49.3 Å². The van der Waals surface area contributed by atoms with E-state index in [1.165, 1.54) is 29.0 Å². The van der Waals surface area contributed by atoms with Crippen molar-refractivity contribution in [3.63, 3.8) is 0 Å². The van der Waals surface area contributed by atoms with Gasteiger partial charge in [-0.2, -0.15) is 0 Å². The number of alkyl halides is 2. The van der Waals surface area contributed by atoms with Crippen molar-refractivity contribution < 1.29 is 47.6 Å². The number of hydrogen-bond donors (Lipinski definition) is 6. The number of fused-ring (bicyclic) bond motifs is 1. The van der Waals surface area contributed by atoms with E-state index in [4.69, 9.17) is 5.73 Å². The first-order chi connectivity index (χ1) is 28.7. The number of amides is 4. The molecule has 16 heteroatoms. The number of nitrogens with one attached hydrogen (secondary N) is 3. The van der Waals surface area contributed by atoms with E-state index in [1.807, 2.05) is 12.2 Å². The summed E-state index contributed by atoms with van der Waals surface area (Å²) in [6, 6.07) is 0.866. The number of aliphatic hydroxyl groups excluding tert-OH is 2. The fourth-order valence-corrected chi connectivity index (χ4v) is 8.72. The van der Waals surface area contributed by atoms with Gasteiger partial charge in [-0.1, -0.05) is 107 Å². The van der Waals surface area contributed by atoms with Crippen molar-refractivity contribution in [1.29, 1.82) is 0 Å². The third-order valence-corrected chi connectivity index (χ3v) is 12.8. The van der Waals surface area contributed by atoms with Gasteiger partial charge in [0, 0.05) is 16.9 Å². The highest BCUT2D eigenvalue weighted by Crippen LogP contribution is 2.52. The lowest BCUT2D eigenvalue weighted by atomic mass is 9.93. The van der Waals surface area contributed by atoms with Crippen molar-refractivity contribution in [2.75, 3.05) is 19.0 Å². The Balaban J connectivity index is 1.46. The Bertz CT molecular complexity index is 1760. The van der Waals surface area contributed by atoms with Crippen LogP contribution in [0.1, 0.15) is 90.5 Å². The first kappa shape index (κ1) is 50.0. The molecule has 7 N–H and O–H groups in total. The predicted octanol–water partition coefficient (Wildman–Crippen LogP) is 6.60. The summed E-state index contributed by atoms with van der Waals surface area (Å²) in [4.78, 5) is 52.4. The molecule has 2 atom stereocenters. The minimum absolute atomic E-state index is 0.0546. The van der Waals surface area contributed by atoms with Crippen molar-refractivity contribution in [2.24, 2.45) is 5.73 Å². The van der Waals surface area contributed by atoms with E-state index in [2.05, 4.69) is 93.1 Å². The number of nitrogens with two attached hydrogens (primary N) is 1. The molecule has 0 aromatic heterocycles. The maximum absolute atomic E-state index is 13.9. The molecule has 2 unspecified atom stereocenters. The molecule has 1 aromatic carbocycles. The summed E-state index contributed by atoms with van der Waals surface area (Å²) in [6.45, 7) is 4.39. The number of primary amides is 1. The Morgan fingerprint density at radius 3 is 1.87 bits per heavy atom. The zero-order valence-electron chi connectivity index (χ0n) is 34.6. The van der Waals surface area contributed by atoms with Crippen LogP contribution in [0.2, 0.25) is 0 Å². The third kappa shape index (κ3) is 16.9. The highest BCUT2D eigenvalue weighted by Gasteiger charge is 2.54. The molecule has 330 valence electrons. The zero-order valence-corrected chi connectivity index (χ0v) is 36.2. The van der Waals surface area contributed by atoms with Crippen LogP contribution in [0.4, 0.5) is 8.78 Å². The molecular formula is C44H60F2N4O8S2. The topological polar surface area (TPSA) is 189 Å². The number of ether oxygens (including phenoxy) is 2. The van der Waals surface area contributed by atoms with Gasteiger partial charge >= 0.3 is 6.29 Å². The summed E-state index contributed by atoms with van der Waals surface area (Å²) >= 11 is 0. The van der Waals surface area contributed by atoms with Crippen LogP contribution in [-0.2, 0) is 24.6 Å². The predicted molar refractivity (Wildman–Crippen MR) is 234 cm³/mol. The van der Waals surface area contributed by atoms with Crippen LogP contribution in [0, 0.1) is 0 Å². The number of allylic oxidation sites excluding steroid dienone is 12. The van der Waals surface area contributed by atoms with Gasteiger partial charge < -0.3 is 41.4 Å². The smallest absolute Gasteiger partial charge is 0.395 e. The number of rotatable bonds is 28. The maximum atomic E-state index is 13.9. The molecule has 1 fully saturated rings. The molecule has 1 heterocycles. The number of carbonyl (C=O) groups excluding carboxylic acids is 4. The van der Waals surface area contributed by atoms with Gasteiger partial charge in [0.2, 0.25) is 23.6 Å². The molecule has 4 amide bonds. The highest BCUT2D eigenvalue weighted by molar-refractivity contribution is 8.77. The van der Waals surface area contributed by atoms with Crippen molar-refractivity contribution >= 4 is 45.2 Å². The monoisotopic (exact) mass is 874 g/mol. The average molecular weight is 875 g/mol. The van der Waals surface area contributed by atoms with E-state index < -0.39 is 65.5 Å². The molecule has 1 aromatic rings. The Kier molecular flexibility index (Phi) is 21.2. The number of benzene rings is 1. The minimum atomic E-state index is -3.83. The molecule has 1 aliphatic heterocycles. The van der Waals surface area contributed by atoms with Gasteiger partial charge in [-0.15, -0.1) is 8.78 Å². The van der Waals surface area contributed by atoms with E-state index in [-0.39, 0.29) is 29.6 Å². The standard InChI is InChI=1S/C44H60F2N4O8S2/c1-4-5-6-7-8-9-10-11-12-13-14-15-16-17-18-19-20-21-22-23-37(53)49-34(39(47)54)31-59-60-42(2,3)38(40(55)48-33(29-51)30-52)50-41(56)43(26-27-43)32-24-25-35-36(28-32)58-44(45,46)57-35/h5-6,8-9,11-12,14-15,17-18,20-21,24-25,28,33-34,38,51-52H,4,7,10,13,16,19,22-23,26-27,29-31H2,1-3H3,(H2,47,54)(H,48,55)(H,49,53)(H,50,56)/b6-5-,9-8-,12-11-,15-14-,18-17-,21-20-. The quantitative estimate of drug-likeness (QED) is 0.0395. The molecule has 1 saturated carbocycles. The van der Waals surface area contributed by atoms with Crippen LogP contribution in [-0.4, -0.2) is 82.0 Å². The van der Waals surface area contributed by atoms with Gasteiger partial charge in [-0.3, -0.25) is 19.2 Å². The van der Waals surface area contributed by atoms with E-state index >= 15 is 0 Å². The summed E-state index contributed by atoms with van der Waals surface area (Å²) in [7, 11) is 2.33. The van der Waals surface area contributed by atoms with Crippen LogP contribution in [0.15, 0.2) is 91.1 Å². The second-order valence-electron chi connectivity index (χ2n) is 14.8. The molecule has 12 nitrogen and oxygen atoms in total. The van der Waals surface area contributed by atoms with Crippen LogP contribution >= 0.6 is 21.6 Å². The first-order valence-corrected chi connectivity index (χ1v) is 22.5. The zero-order chi connectivity index (χ0) is 44.0. The minimum Gasteiger partial charge on any atom is -0.395 e. The summed E-state index contributed by atoms with van der Waals surface area (Å²) in [6.07, 6.45) is 28.2. The summed E-state index contributed by atoms with van der Waals surface area (Å²) in [5.41, 5.74) is 4.90. The molecule has 0 saturated heterocycles.